The van der Waals surface area contributed by atoms with Gasteiger partial charge in [-0.2, -0.15) is 0 Å². The molecule has 1 aliphatic rings. The lowest BCUT2D eigenvalue weighted by atomic mass is 10.1. The van der Waals surface area contributed by atoms with Gasteiger partial charge in [0.2, 0.25) is 5.91 Å². The van der Waals surface area contributed by atoms with Gasteiger partial charge in [0.15, 0.2) is 11.6 Å². The molecule has 0 radical (unpaired) electrons. The Balaban J connectivity index is 1.90. The van der Waals surface area contributed by atoms with Crippen molar-refractivity contribution in [3.05, 3.63) is 47.3 Å². The molecule has 0 aliphatic carbocycles. The van der Waals surface area contributed by atoms with E-state index in [-0.39, 0.29) is 42.7 Å². The number of halogens is 3. The average molecular weight is 450 g/mol. The van der Waals surface area contributed by atoms with Gasteiger partial charge in [0.1, 0.15) is 17.5 Å². The first-order valence-corrected chi connectivity index (χ1v) is 10.4. The second-order valence-corrected chi connectivity index (χ2v) is 7.35. The number of nitrogens with zero attached hydrogens (tertiary/aromatic N) is 3. The first-order valence-electron chi connectivity index (χ1n) is 10.4. The van der Waals surface area contributed by atoms with Crippen molar-refractivity contribution in [2.75, 3.05) is 43.0 Å². The molecule has 10 heteroatoms. The van der Waals surface area contributed by atoms with E-state index in [4.69, 9.17) is 4.74 Å². The second kappa shape index (κ2) is 10.3. The van der Waals surface area contributed by atoms with Gasteiger partial charge >= 0.3 is 5.97 Å². The molecule has 7 nitrogen and oxygen atoms in total. The fourth-order valence-corrected chi connectivity index (χ4v) is 3.46. The van der Waals surface area contributed by atoms with Crippen LogP contribution in [0.1, 0.15) is 25.8 Å². The monoisotopic (exact) mass is 450 g/mol. The highest BCUT2D eigenvalue weighted by Crippen LogP contribution is 2.29. The van der Waals surface area contributed by atoms with E-state index in [0.717, 1.165) is 12.1 Å². The molecule has 1 saturated heterocycles. The summed E-state index contributed by atoms with van der Waals surface area (Å²) < 4.78 is 47.4. The van der Waals surface area contributed by atoms with Crippen LogP contribution < -0.4 is 10.2 Å². The summed E-state index contributed by atoms with van der Waals surface area (Å²) in [5.41, 5.74) is 0.320. The molecule has 1 amide bonds. The fraction of sp³-hybridized carbons (Fsp3) is 0.409. The first-order chi connectivity index (χ1) is 15.3. The maximum atomic E-state index is 15.0. The summed E-state index contributed by atoms with van der Waals surface area (Å²) in [5, 5.41) is 2.79. The summed E-state index contributed by atoms with van der Waals surface area (Å²) in [5.74, 6) is -2.44. The number of ether oxygens (including phenoxy) is 1. The van der Waals surface area contributed by atoms with Gasteiger partial charge in [-0.15, -0.1) is 0 Å². The zero-order valence-electron chi connectivity index (χ0n) is 18.0. The van der Waals surface area contributed by atoms with Crippen LogP contribution in [0.15, 0.2) is 24.3 Å². The number of carbonyl (C=O) groups is 2. The van der Waals surface area contributed by atoms with Crippen LogP contribution in [0.5, 0.6) is 0 Å². The number of hydrogen-bond acceptors (Lipinski definition) is 6. The number of amides is 1. The number of benzene rings is 1. The molecule has 3 rings (SSSR count). The molecule has 1 aliphatic heterocycles. The van der Waals surface area contributed by atoms with Crippen molar-refractivity contribution in [1.82, 2.24) is 9.88 Å². The van der Waals surface area contributed by atoms with Crippen molar-refractivity contribution in [3.8, 4) is 0 Å². The second-order valence-electron chi connectivity index (χ2n) is 7.35. The molecule has 2 aromatic rings. The molecule has 2 heterocycles. The maximum Gasteiger partial charge on any atom is 0.306 e. The van der Waals surface area contributed by atoms with Gasteiger partial charge in [0.05, 0.1) is 12.3 Å². The number of hydrogen-bond donors (Lipinski definition) is 1. The van der Waals surface area contributed by atoms with Crippen LogP contribution in [0.25, 0.3) is 0 Å². The molecule has 0 spiro atoms. The highest BCUT2D eigenvalue weighted by molar-refractivity contribution is 5.73. The van der Waals surface area contributed by atoms with Gasteiger partial charge in [0.25, 0.3) is 0 Å². The lowest BCUT2D eigenvalue weighted by molar-refractivity contribution is -0.143. The zero-order valence-corrected chi connectivity index (χ0v) is 18.0. The van der Waals surface area contributed by atoms with Gasteiger partial charge in [-0.05, 0) is 37.1 Å². The number of pyridine rings is 1. The lowest BCUT2D eigenvalue weighted by Crippen LogP contribution is -2.48. The highest BCUT2D eigenvalue weighted by Gasteiger charge is 2.24. The third-order valence-electron chi connectivity index (χ3n) is 5.15. The van der Waals surface area contributed by atoms with Crippen LogP contribution in [-0.2, 0) is 20.7 Å². The minimum Gasteiger partial charge on any atom is -0.466 e. The van der Waals surface area contributed by atoms with Crippen molar-refractivity contribution in [1.29, 1.82) is 0 Å². The molecular formula is C22H25F3N4O3. The van der Waals surface area contributed by atoms with Crippen molar-refractivity contribution in [3.63, 3.8) is 0 Å². The molecule has 1 aromatic heterocycles. The van der Waals surface area contributed by atoms with Crippen molar-refractivity contribution in [2.24, 2.45) is 0 Å². The number of esters is 1. The molecule has 32 heavy (non-hydrogen) atoms. The van der Waals surface area contributed by atoms with Crippen LogP contribution >= 0.6 is 0 Å². The van der Waals surface area contributed by atoms with Crippen molar-refractivity contribution < 1.29 is 27.5 Å². The number of carbonyl (C=O) groups excluding carboxylic acids is 2. The number of anilines is 3. The standard InChI is InChI=1S/C22H25F3N4O3/c1-3-32-20(31)7-4-15-12-18(25)22(29-10-8-28(9-11-29)14(2)30)27-21(15)26-19-6-5-16(23)13-17(19)24/h5-6,12-13H,3-4,7-11H2,1-2H3,(H,26,27). The summed E-state index contributed by atoms with van der Waals surface area (Å²) in [6, 6.07) is 4.29. The number of rotatable bonds is 7. The SMILES string of the molecule is CCOC(=O)CCc1cc(F)c(N2CCN(C(C)=O)CC2)nc1Nc1ccc(F)cc1F. The Hall–Kier alpha value is -3.30. The maximum absolute atomic E-state index is 15.0. The minimum atomic E-state index is -0.830. The lowest BCUT2D eigenvalue weighted by Gasteiger charge is -2.35. The van der Waals surface area contributed by atoms with E-state index < -0.39 is 23.4 Å². The normalized spacial score (nSPS) is 13.8. The Morgan fingerprint density at radius 3 is 2.44 bits per heavy atom. The Morgan fingerprint density at radius 1 is 1.09 bits per heavy atom. The van der Waals surface area contributed by atoms with E-state index in [0.29, 0.717) is 31.7 Å². The van der Waals surface area contributed by atoms with Crippen LogP contribution in [0.4, 0.5) is 30.5 Å². The fourth-order valence-electron chi connectivity index (χ4n) is 3.46. The Bertz CT molecular complexity index is 995. The van der Waals surface area contributed by atoms with E-state index in [1.165, 1.54) is 19.1 Å². The third kappa shape index (κ3) is 5.68. The smallest absolute Gasteiger partial charge is 0.306 e. The summed E-state index contributed by atoms with van der Waals surface area (Å²) in [6.45, 7) is 5.01. The summed E-state index contributed by atoms with van der Waals surface area (Å²) in [7, 11) is 0. The van der Waals surface area contributed by atoms with Gasteiger partial charge in [-0.1, -0.05) is 0 Å². The quantitative estimate of drug-likeness (QED) is 0.652. The van der Waals surface area contributed by atoms with E-state index in [2.05, 4.69) is 10.3 Å². The van der Waals surface area contributed by atoms with E-state index in [1.807, 2.05) is 0 Å². The average Bonchev–Trinajstić information content (AvgIpc) is 2.75. The molecule has 1 fully saturated rings. The molecule has 1 N–H and O–H groups in total. The number of aromatic nitrogens is 1. The molecule has 1 aromatic carbocycles. The van der Waals surface area contributed by atoms with Gasteiger partial charge < -0.3 is 19.9 Å². The molecule has 172 valence electrons. The van der Waals surface area contributed by atoms with Crippen molar-refractivity contribution >= 4 is 29.2 Å². The van der Waals surface area contributed by atoms with Crippen LogP contribution in [0.3, 0.4) is 0 Å². The van der Waals surface area contributed by atoms with Crippen LogP contribution in [0.2, 0.25) is 0 Å². The highest BCUT2D eigenvalue weighted by atomic mass is 19.1. The molecule has 0 atom stereocenters. The Kier molecular flexibility index (Phi) is 7.55. The third-order valence-corrected chi connectivity index (χ3v) is 5.15. The topological polar surface area (TPSA) is 74.8 Å². The van der Waals surface area contributed by atoms with Gasteiger partial charge in [0, 0.05) is 45.6 Å². The number of aryl methyl sites for hydroxylation is 1. The van der Waals surface area contributed by atoms with Gasteiger partial charge in [-0.3, -0.25) is 9.59 Å². The summed E-state index contributed by atoms with van der Waals surface area (Å²) in [6.07, 6.45) is 0.110. The Morgan fingerprint density at radius 2 is 1.81 bits per heavy atom. The predicted octanol–water partition coefficient (Wildman–Crippen LogP) is 3.41. The molecule has 0 unspecified atom stereocenters. The molecule has 0 saturated carbocycles. The van der Waals surface area contributed by atoms with Gasteiger partial charge in [-0.25, -0.2) is 18.2 Å². The largest absolute Gasteiger partial charge is 0.466 e. The first kappa shape index (κ1) is 23.4. The minimum absolute atomic E-state index is 0.00777. The number of piperazine rings is 1. The van der Waals surface area contributed by atoms with E-state index in [9.17, 15) is 22.8 Å². The van der Waals surface area contributed by atoms with E-state index >= 15 is 0 Å². The predicted molar refractivity (Wildman–Crippen MR) is 113 cm³/mol. The summed E-state index contributed by atoms with van der Waals surface area (Å²) in [4.78, 5) is 31.1. The van der Waals surface area contributed by atoms with Crippen LogP contribution in [-0.4, -0.2) is 54.5 Å². The molecule has 0 bridgehead atoms. The Labute approximate surface area is 184 Å². The van der Waals surface area contributed by atoms with E-state index in [1.54, 1.807) is 16.7 Å². The zero-order chi connectivity index (χ0) is 23.3. The molecular weight excluding hydrogens is 425 g/mol. The summed E-state index contributed by atoms with van der Waals surface area (Å²) >= 11 is 0. The van der Waals surface area contributed by atoms with Crippen molar-refractivity contribution in [2.45, 2.75) is 26.7 Å². The number of nitrogens with one attached hydrogen (secondary N) is 1. The van der Waals surface area contributed by atoms with Crippen LogP contribution in [0, 0.1) is 17.5 Å².